The van der Waals surface area contributed by atoms with Crippen molar-refractivity contribution in [3.8, 4) is 11.5 Å². The van der Waals surface area contributed by atoms with Crippen LogP contribution in [0.2, 0.25) is 0 Å². The third kappa shape index (κ3) is 11.0. The summed E-state index contributed by atoms with van der Waals surface area (Å²) < 4.78 is 36.2. The van der Waals surface area contributed by atoms with Gasteiger partial charge in [0.15, 0.2) is 11.2 Å². The first-order valence-electron chi connectivity index (χ1n) is 14.7. The van der Waals surface area contributed by atoms with Crippen molar-refractivity contribution in [2.45, 2.75) is 38.9 Å². The van der Waals surface area contributed by atoms with Crippen LogP contribution in [0.5, 0.6) is 11.5 Å². The Labute approximate surface area is 284 Å². The molecule has 0 radical (unpaired) electrons. The van der Waals surface area contributed by atoms with E-state index in [9.17, 15) is 48.8 Å². The molecule has 0 saturated carbocycles. The van der Waals surface area contributed by atoms with E-state index in [2.05, 4.69) is 10.6 Å². The predicted molar refractivity (Wildman–Crippen MR) is 178 cm³/mol. The zero-order valence-corrected chi connectivity index (χ0v) is 27.3. The molecule has 264 valence electrons. The molecule has 0 aliphatic rings. The molecule has 14 nitrogen and oxygen atoms in total. The zero-order chi connectivity index (χ0) is 37.2. The third-order valence-corrected chi connectivity index (χ3v) is 6.95. The van der Waals surface area contributed by atoms with Crippen LogP contribution in [0.25, 0.3) is 0 Å². The van der Waals surface area contributed by atoms with Crippen molar-refractivity contribution < 1.29 is 47.9 Å². The standard InChI is InChI=1S/2C17H17FN2O5/c2*1-11-9-13(5-8-15(11)20(23)24)19-16(21)17(2,22)10-25-14-6-3-12(18)4-7-14/h2*3-9,22H,10H2,1-2H3,(H,19,21). The van der Waals surface area contributed by atoms with E-state index < -0.39 is 44.5 Å². The Morgan fingerprint density at radius 3 is 1.26 bits per heavy atom. The molecule has 0 aliphatic carbocycles. The lowest BCUT2D eigenvalue weighted by Gasteiger charge is -2.22. The Morgan fingerprint density at radius 1 is 0.660 bits per heavy atom. The summed E-state index contributed by atoms with van der Waals surface area (Å²) in [6, 6.07) is 18.5. The molecule has 2 amide bonds. The molecular formula is C34H34F2N4O10. The van der Waals surface area contributed by atoms with Gasteiger partial charge in [-0.3, -0.25) is 29.8 Å². The molecule has 0 fully saturated rings. The van der Waals surface area contributed by atoms with E-state index in [-0.39, 0.29) is 24.6 Å². The molecule has 0 aliphatic heterocycles. The number of nitrogens with one attached hydrogen (secondary N) is 2. The fourth-order valence-corrected chi connectivity index (χ4v) is 4.05. The van der Waals surface area contributed by atoms with Crippen LogP contribution in [-0.2, 0) is 9.59 Å². The summed E-state index contributed by atoms with van der Waals surface area (Å²) in [5.41, 5.74) is -2.46. The van der Waals surface area contributed by atoms with Crippen molar-refractivity contribution >= 4 is 34.6 Å². The lowest BCUT2D eigenvalue weighted by molar-refractivity contribution is -0.385. The van der Waals surface area contributed by atoms with Gasteiger partial charge in [-0.1, -0.05) is 0 Å². The maximum atomic E-state index is 12.8. The first-order chi connectivity index (χ1) is 23.4. The quantitative estimate of drug-likeness (QED) is 0.106. The number of carbonyl (C=O) groups is 2. The van der Waals surface area contributed by atoms with Crippen LogP contribution < -0.4 is 20.1 Å². The van der Waals surface area contributed by atoms with Gasteiger partial charge in [0.2, 0.25) is 0 Å². The number of nitro benzene ring substituents is 2. The molecule has 0 saturated heterocycles. The SMILES string of the molecule is Cc1cc(NC(=O)C(C)(O)COc2ccc(F)cc2)ccc1[N+](=O)[O-].Cc1cc(NC(=O)C(C)(O)COc2ccc(F)cc2)ccc1[N+](=O)[O-]. The largest absolute Gasteiger partial charge is 0.490 e. The zero-order valence-electron chi connectivity index (χ0n) is 27.3. The number of hydrogen-bond acceptors (Lipinski definition) is 10. The normalized spacial score (nSPS) is 13.0. The number of nitro groups is 2. The number of rotatable bonds is 12. The second kappa shape index (κ2) is 16.4. The van der Waals surface area contributed by atoms with Gasteiger partial charge in [-0.05, 0) is 100 Å². The second-order valence-corrected chi connectivity index (χ2v) is 11.5. The second-order valence-electron chi connectivity index (χ2n) is 11.5. The lowest BCUT2D eigenvalue weighted by atomic mass is 10.1. The van der Waals surface area contributed by atoms with E-state index in [1.807, 2.05) is 0 Å². The first-order valence-corrected chi connectivity index (χ1v) is 14.7. The van der Waals surface area contributed by atoms with Crippen LogP contribution in [0.1, 0.15) is 25.0 Å². The van der Waals surface area contributed by atoms with E-state index in [0.29, 0.717) is 34.0 Å². The molecule has 2 atom stereocenters. The highest BCUT2D eigenvalue weighted by molar-refractivity contribution is 5.97. The van der Waals surface area contributed by atoms with E-state index in [0.717, 1.165) is 0 Å². The van der Waals surface area contributed by atoms with Crippen molar-refractivity contribution in [2.75, 3.05) is 23.8 Å². The van der Waals surface area contributed by atoms with Crippen LogP contribution in [0, 0.1) is 45.7 Å². The highest BCUT2D eigenvalue weighted by atomic mass is 19.1. The van der Waals surface area contributed by atoms with Crippen molar-refractivity contribution in [2.24, 2.45) is 0 Å². The Balaban J connectivity index is 0.000000270. The summed E-state index contributed by atoms with van der Waals surface area (Å²) >= 11 is 0. The topological polar surface area (TPSA) is 203 Å². The van der Waals surface area contributed by atoms with Gasteiger partial charge in [-0.2, -0.15) is 0 Å². The number of hydrogen-bond donors (Lipinski definition) is 4. The minimum Gasteiger partial charge on any atom is -0.490 e. The molecule has 0 spiro atoms. The number of nitrogens with zero attached hydrogens (tertiary/aromatic N) is 2. The molecule has 4 aromatic carbocycles. The van der Waals surface area contributed by atoms with E-state index >= 15 is 0 Å². The monoisotopic (exact) mass is 696 g/mol. The Hall–Kier alpha value is -6.00. The van der Waals surface area contributed by atoms with E-state index in [1.165, 1.54) is 98.8 Å². The van der Waals surface area contributed by atoms with Gasteiger partial charge < -0.3 is 30.3 Å². The van der Waals surface area contributed by atoms with Crippen molar-refractivity contribution in [1.82, 2.24) is 0 Å². The van der Waals surface area contributed by atoms with Crippen LogP contribution in [0.3, 0.4) is 0 Å². The molecule has 0 aromatic heterocycles. The summed E-state index contributed by atoms with van der Waals surface area (Å²) in [5, 5.41) is 47.1. The van der Waals surface area contributed by atoms with Crippen LogP contribution >= 0.6 is 0 Å². The fraction of sp³-hybridized carbons (Fsp3) is 0.235. The smallest absolute Gasteiger partial charge is 0.272 e. The number of halogens is 2. The predicted octanol–water partition coefficient (Wildman–Crippen LogP) is 5.62. The molecule has 4 rings (SSSR count). The van der Waals surface area contributed by atoms with Gasteiger partial charge in [0, 0.05) is 34.6 Å². The molecule has 2 unspecified atom stereocenters. The first kappa shape index (κ1) is 38.4. The number of carbonyl (C=O) groups excluding carboxylic acids is 2. The Kier molecular flexibility index (Phi) is 12.6. The number of amides is 2. The van der Waals surface area contributed by atoms with Gasteiger partial charge >= 0.3 is 0 Å². The molecule has 4 N–H and O–H groups in total. The summed E-state index contributed by atoms with van der Waals surface area (Å²) in [5.74, 6) is -1.71. The van der Waals surface area contributed by atoms with E-state index in [4.69, 9.17) is 9.47 Å². The average Bonchev–Trinajstić information content (AvgIpc) is 3.04. The highest BCUT2D eigenvalue weighted by Crippen LogP contribution is 2.24. The number of anilines is 2. The van der Waals surface area contributed by atoms with Crippen molar-refractivity contribution in [3.05, 3.63) is 128 Å². The molecular weight excluding hydrogens is 662 g/mol. The molecule has 4 aromatic rings. The molecule has 0 heterocycles. The van der Waals surface area contributed by atoms with Gasteiger partial charge in [-0.25, -0.2) is 8.78 Å². The molecule has 0 bridgehead atoms. The van der Waals surface area contributed by atoms with Crippen molar-refractivity contribution in [1.29, 1.82) is 0 Å². The van der Waals surface area contributed by atoms with Gasteiger partial charge in [0.1, 0.15) is 36.3 Å². The maximum absolute atomic E-state index is 12.8. The number of aliphatic hydroxyl groups is 2. The number of ether oxygens (including phenoxy) is 2. The van der Waals surface area contributed by atoms with Crippen LogP contribution in [0.4, 0.5) is 31.5 Å². The Morgan fingerprint density at radius 2 is 0.980 bits per heavy atom. The van der Waals surface area contributed by atoms with Crippen LogP contribution in [0.15, 0.2) is 84.9 Å². The van der Waals surface area contributed by atoms with Crippen LogP contribution in [-0.4, -0.2) is 56.3 Å². The van der Waals surface area contributed by atoms with Gasteiger partial charge in [-0.15, -0.1) is 0 Å². The highest BCUT2D eigenvalue weighted by Gasteiger charge is 2.33. The number of aryl methyl sites for hydroxylation is 2. The van der Waals surface area contributed by atoms with E-state index in [1.54, 1.807) is 13.8 Å². The molecule has 16 heteroatoms. The number of benzene rings is 4. The van der Waals surface area contributed by atoms with Crippen molar-refractivity contribution in [3.63, 3.8) is 0 Å². The summed E-state index contributed by atoms with van der Waals surface area (Å²) in [6.07, 6.45) is 0. The average molecular weight is 697 g/mol. The molecule has 50 heavy (non-hydrogen) atoms. The van der Waals surface area contributed by atoms with Gasteiger partial charge in [0.25, 0.3) is 23.2 Å². The minimum absolute atomic E-state index is 0.0654. The minimum atomic E-state index is -1.86. The third-order valence-electron chi connectivity index (χ3n) is 6.95. The summed E-state index contributed by atoms with van der Waals surface area (Å²) in [6.45, 7) is 4.92. The Bertz CT molecular complexity index is 1720. The van der Waals surface area contributed by atoms with Gasteiger partial charge in [0.05, 0.1) is 9.85 Å². The summed E-state index contributed by atoms with van der Waals surface area (Å²) in [4.78, 5) is 45.0. The lowest BCUT2D eigenvalue weighted by Crippen LogP contribution is -2.45. The summed E-state index contributed by atoms with van der Waals surface area (Å²) in [7, 11) is 0. The maximum Gasteiger partial charge on any atom is 0.272 e. The fourth-order valence-electron chi connectivity index (χ4n) is 4.05.